The molecule has 30 heavy (non-hydrogen) atoms. The molecule has 0 aromatic heterocycles. The summed E-state index contributed by atoms with van der Waals surface area (Å²) in [5.41, 5.74) is -0.788. The first-order chi connectivity index (χ1) is 14.3. The number of carboxylic acids is 2. The highest BCUT2D eigenvalue weighted by Crippen LogP contribution is 2.19. The van der Waals surface area contributed by atoms with Crippen LogP contribution in [0.25, 0.3) is 0 Å². The fourth-order valence-electron chi connectivity index (χ4n) is 2.38. The predicted molar refractivity (Wildman–Crippen MR) is 99.1 cm³/mol. The number of nitro groups is 1. The number of rotatable bonds is 11. The van der Waals surface area contributed by atoms with Gasteiger partial charge in [-0.25, -0.2) is 24.2 Å². The molecule has 2 aromatic rings. The van der Waals surface area contributed by atoms with E-state index in [4.69, 9.17) is 24.7 Å². The van der Waals surface area contributed by atoms with Gasteiger partial charge in [0, 0.05) is 18.6 Å². The minimum Gasteiger partial charge on any atom is -0.478 e. The summed E-state index contributed by atoms with van der Waals surface area (Å²) in [6, 6.07) is 9.07. The van der Waals surface area contributed by atoms with Crippen LogP contribution in [-0.2, 0) is 21.1 Å². The number of hydrogen-bond donors (Lipinski definition) is 2. The highest BCUT2D eigenvalue weighted by atomic mass is 17.2. The standard InChI is InChI=1S/C19H17NO10/c21-17(22)14-5-2-1-4-12(14)11-30-29-9-3-8-28-19(25)15-7-6-13(20(26)27)10-16(15)18(23)24/h1-2,4-7,10H,3,8-9,11H2,(H,21,22)(H,23,24). The highest BCUT2D eigenvalue weighted by molar-refractivity contribution is 6.03. The molecule has 0 atom stereocenters. The second-order valence-corrected chi connectivity index (χ2v) is 5.83. The van der Waals surface area contributed by atoms with E-state index in [2.05, 4.69) is 0 Å². The molecule has 0 fully saturated rings. The van der Waals surface area contributed by atoms with Crippen molar-refractivity contribution in [2.24, 2.45) is 0 Å². The lowest BCUT2D eigenvalue weighted by Gasteiger charge is -2.08. The second kappa shape index (κ2) is 10.6. The molecule has 0 aliphatic rings. The van der Waals surface area contributed by atoms with E-state index in [1.165, 1.54) is 6.07 Å². The van der Waals surface area contributed by atoms with Crippen LogP contribution in [0.15, 0.2) is 42.5 Å². The normalized spacial score (nSPS) is 10.4. The Morgan fingerprint density at radius 1 is 0.900 bits per heavy atom. The molecule has 0 aliphatic heterocycles. The van der Waals surface area contributed by atoms with Gasteiger partial charge in [-0.3, -0.25) is 10.1 Å². The number of hydrogen-bond acceptors (Lipinski definition) is 8. The SMILES string of the molecule is O=C(O)c1ccccc1COOCCCOC(=O)c1ccc([N+](=O)[O-])cc1C(=O)O. The molecular weight excluding hydrogens is 402 g/mol. The lowest BCUT2D eigenvalue weighted by molar-refractivity contribution is -0.384. The summed E-state index contributed by atoms with van der Waals surface area (Å²) in [5.74, 6) is -3.53. The molecule has 2 aromatic carbocycles. The summed E-state index contributed by atoms with van der Waals surface area (Å²) in [6.07, 6.45) is 0.210. The maximum atomic E-state index is 12.0. The Bertz CT molecular complexity index is 956. The van der Waals surface area contributed by atoms with Crippen molar-refractivity contribution in [3.8, 4) is 0 Å². The predicted octanol–water partition coefficient (Wildman–Crippen LogP) is 2.69. The number of carboxylic acid groups (broad SMARTS) is 2. The molecule has 0 spiro atoms. The molecule has 0 saturated heterocycles. The van der Waals surface area contributed by atoms with Crippen molar-refractivity contribution < 1.29 is 44.0 Å². The smallest absolute Gasteiger partial charge is 0.339 e. The van der Waals surface area contributed by atoms with Crippen molar-refractivity contribution in [2.75, 3.05) is 13.2 Å². The first kappa shape index (κ1) is 22.5. The Hall–Kier alpha value is -3.83. The molecule has 0 bridgehead atoms. The van der Waals surface area contributed by atoms with E-state index >= 15 is 0 Å². The van der Waals surface area contributed by atoms with Gasteiger partial charge in [0.2, 0.25) is 0 Å². The Balaban J connectivity index is 1.77. The van der Waals surface area contributed by atoms with Gasteiger partial charge in [-0.1, -0.05) is 18.2 Å². The van der Waals surface area contributed by atoms with Crippen LogP contribution in [0.1, 0.15) is 43.1 Å². The number of nitrogens with zero attached hydrogens (tertiary/aromatic N) is 1. The zero-order valence-corrected chi connectivity index (χ0v) is 15.5. The van der Waals surface area contributed by atoms with Gasteiger partial charge in [-0.15, -0.1) is 0 Å². The lowest BCUT2D eigenvalue weighted by atomic mass is 10.1. The van der Waals surface area contributed by atoms with Crippen LogP contribution in [0, 0.1) is 10.1 Å². The van der Waals surface area contributed by atoms with Gasteiger partial charge in [-0.2, -0.15) is 0 Å². The van der Waals surface area contributed by atoms with E-state index in [0.29, 0.717) is 5.56 Å². The zero-order chi connectivity index (χ0) is 22.1. The van der Waals surface area contributed by atoms with Crippen molar-refractivity contribution in [3.63, 3.8) is 0 Å². The van der Waals surface area contributed by atoms with Gasteiger partial charge in [0.1, 0.15) is 6.61 Å². The summed E-state index contributed by atoms with van der Waals surface area (Å²) in [6.45, 7) is -0.189. The van der Waals surface area contributed by atoms with Gasteiger partial charge in [0.15, 0.2) is 0 Å². The second-order valence-electron chi connectivity index (χ2n) is 5.83. The maximum Gasteiger partial charge on any atom is 0.339 e. The van der Waals surface area contributed by atoms with Crippen LogP contribution in [0.3, 0.4) is 0 Å². The number of esters is 1. The summed E-state index contributed by atoms with van der Waals surface area (Å²) in [7, 11) is 0. The van der Waals surface area contributed by atoms with Gasteiger partial charge >= 0.3 is 17.9 Å². The van der Waals surface area contributed by atoms with E-state index in [-0.39, 0.29) is 37.4 Å². The van der Waals surface area contributed by atoms with Crippen LogP contribution in [0.5, 0.6) is 0 Å². The van der Waals surface area contributed by atoms with Crippen LogP contribution < -0.4 is 0 Å². The van der Waals surface area contributed by atoms with Gasteiger partial charge < -0.3 is 14.9 Å². The lowest BCUT2D eigenvalue weighted by Crippen LogP contribution is -2.13. The fraction of sp³-hybridized carbons (Fsp3) is 0.211. The number of aromatic carboxylic acids is 2. The Labute approximate surface area is 169 Å². The molecule has 2 N–H and O–H groups in total. The fourth-order valence-corrected chi connectivity index (χ4v) is 2.38. The summed E-state index contributed by atoms with van der Waals surface area (Å²) in [4.78, 5) is 54.2. The number of nitro benzene ring substituents is 1. The number of ether oxygens (including phenoxy) is 1. The minimum absolute atomic E-state index is 0.0224. The molecule has 158 valence electrons. The Morgan fingerprint density at radius 2 is 1.60 bits per heavy atom. The maximum absolute atomic E-state index is 12.0. The van der Waals surface area contributed by atoms with E-state index in [1.807, 2.05) is 0 Å². The third-order valence-corrected chi connectivity index (χ3v) is 3.81. The molecule has 0 amide bonds. The first-order valence-corrected chi connectivity index (χ1v) is 8.55. The van der Waals surface area contributed by atoms with E-state index in [9.17, 15) is 24.5 Å². The third-order valence-electron chi connectivity index (χ3n) is 3.81. The van der Waals surface area contributed by atoms with E-state index < -0.39 is 34.1 Å². The van der Waals surface area contributed by atoms with Crippen molar-refractivity contribution in [1.29, 1.82) is 0 Å². The van der Waals surface area contributed by atoms with Crippen molar-refractivity contribution >= 4 is 23.6 Å². The summed E-state index contributed by atoms with van der Waals surface area (Å²) in [5, 5.41) is 28.9. The topological polar surface area (TPSA) is 162 Å². The number of non-ortho nitro benzene ring substituents is 1. The van der Waals surface area contributed by atoms with Crippen molar-refractivity contribution in [1.82, 2.24) is 0 Å². The average Bonchev–Trinajstić information content (AvgIpc) is 2.72. The molecule has 0 unspecified atom stereocenters. The van der Waals surface area contributed by atoms with E-state index in [0.717, 1.165) is 18.2 Å². The minimum atomic E-state index is -1.50. The Morgan fingerprint density at radius 3 is 2.27 bits per heavy atom. The molecule has 11 heteroatoms. The number of benzene rings is 2. The van der Waals surface area contributed by atoms with Crippen molar-refractivity contribution in [3.05, 3.63) is 74.8 Å². The quantitative estimate of drug-likeness (QED) is 0.182. The van der Waals surface area contributed by atoms with Crippen LogP contribution in [0.4, 0.5) is 5.69 Å². The molecule has 0 radical (unpaired) electrons. The van der Waals surface area contributed by atoms with Crippen molar-refractivity contribution in [2.45, 2.75) is 13.0 Å². The summed E-state index contributed by atoms with van der Waals surface area (Å²) < 4.78 is 4.95. The monoisotopic (exact) mass is 419 g/mol. The molecule has 0 aliphatic carbocycles. The third kappa shape index (κ3) is 6.09. The largest absolute Gasteiger partial charge is 0.478 e. The molecule has 11 nitrogen and oxygen atoms in total. The average molecular weight is 419 g/mol. The first-order valence-electron chi connectivity index (χ1n) is 8.55. The van der Waals surface area contributed by atoms with Gasteiger partial charge in [0.05, 0.1) is 34.8 Å². The molecule has 2 rings (SSSR count). The van der Waals surface area contributed by atoms with Crippen LogP contribution >= 0.6 is 0 Å². The highest BCUT2D eigenvalue weighted by Gasteiger charge is 2.21. The summed E-state index contributed by atoms with van der Waals surface area (Å²) >= 11 is 0. The molecule has 0 saturated carbocycles. The van der Waals surface area contributed by atoms with Crippen LogP contribution in [-0.4, -0.2) is 46.3 Å². The number of carbonyl (C=O) groups is 3. The van der Waals surface area contributed by atoms with Gasteiger partial charge in [-0.05, 0) is 17.7 Å². The van der Waals surface area contributed by atoms with E-state index in [1.54, 1.807) is 18.2 Å². The van der Waals surface area contributed by atoms with Crippen LogP contribution in [0.2, 0.25) is 0 Å². The molecule has 0 heterocycles. The number of carbonyl (C=O) groups excluding carboxylic acids is 1. The molecular formula is C19H17NO10. The van der Waals surface area contributed by atoms with Gasteiger partial charge in [0.25, 0.3) is 5.69 Å². The Kier molecular flexibility index (Phi) is 7.97. The zero-order valence-electron chi connectivity index (χ0n) is 15.5.